The van der Waals surface area contributed by atoms with Gasteiger partial charge in [0.25, 0.3) is 0 Å². The fourth-order valence-corrected chi connectivity index (χ4v) is 4.74. The lowest BCUT2D eigenvalue weighted by atomic mass is 9.97. The number of nitrogens with zero attached hydrogens (tertiary/aromatic N) is 3. The van der Waals surface area contributed by atoms with Gasteiger partial charge in [0.1, 0.15) is 35.9 Å². The lowest BCUT2D eigenvalue weighted by Gasteiger charge is -2.39. The summed E-state index contributed by atoms with van der Waals surface area (Å²) in [6.07, 6.45) is -5.67. The average Bonchev–Trinajstić information content (AvgIpc) is 3.46. The number of hydrogen-bond donors (Lipinski definition) is 6. The van der Waals surface area contributed by atoms with Gasteiger partial charge < -0.3 is 39.6 Å². The SMILES string of the molecule is CC(C)c1cc(-c2n[nH]c(=O)n2-c2ccc3c(ccn3C)c2)c(OC2O[C@H](CO)[C@H](O)[C@H](O)[C@H]2O)cc1O. The number of nitrogens with one attached hydrogen (secondary N) is 1. The second kappa shape index (κ2) is 9.89. The van der Waals surface area contributed by atoms with Gasteiger partial charge in [-0.25, -0.2) is 14.5 Å². The van der Waals surface area contributed by atoms with Gasteiger partial charge in [0.2, 0.25) is 6.29 Å². The highest BCUT2D eigenvalue weighted by Crippen LogP contribution is 2.39. The Morgan fingerprint density at radius 2 is 1.87 bits per heavy atom. The van der Waals surface area contributed by atoms with Gasteiger partial charge in [-0.15, -0.1) is 0 Å². The zero-order chi connectivity index (χ0) is 27.3. The van der Waals surface area contributed by atoms with Crippen LogP contribution in [0.3, 0.4) is 0 Å². The summed E-state index contributed by atoms with van der Waals surface area (Å²) in [4.78, 5) is 13.0. The van der Waals surface area contributed by atoms with Crippen molar-refractivity contribution in [2.45, 2.75) is 50.5 Å². The molecule has 2 aromatic carbocycles. The molecule has 5 rings (SSSR count). The molecular weight excluding hydrogens is 496 g/mol. The monoisotopic (exact) mass is 526 g/mol. The fraction of sp³-hybridized carbons (Fsp3) is 0.385. The Labute approximate surface area is 216 Å². The molecule has 3 heterocycles. The molecule has 0 saturated carbocycles. The smallest absolute Gasteiger partial charge is 0.348 e. The molecule has 2 aromatic heterocycles. The molecule has 12 nitrogen and oxygen atoms in total. The van der Waals surface area contributed by atoms with Gasteiger partial charge >= 0.3 is 5.69 Å². The first kappa shape index (κ1) is 25.9. The summed E-state index contributed by atoms with van der Waals surface area (Å²) in [7, 11) is 1.92. The number of benzene rings is 2. The van der Waals surface area contributed by atoms with Crippen molar-refractivity contribution in [2.24, 2.45) is 7.05 Å². The van der Waals surface area contributed by atoms with Crippen molar-refractivity contribution in [3.8, 4) is 28.6 Å². The number of aromatic amines is 1. The summed E-state index contributed by atoms with van der Waals surface area (Å²) in [6.45, 7) is 3.14. The van der Waals surface area contributed by atoms with Crippen molar-refractivity contribution in [1.82, 2.24) is 19.3 Å². The van der Waals surface area contributed by atoms with Crippen molar-refractivity contribution < 1.29 is 35.0 Å². The van der Waals surface area contributed by atoms with Crippen LogP contribution >= 0.6 is 0 Å². The minimum Gasteiger partial charge on any atom is -0.508 e. The van der Waals surface area contributed by atoms with E-state index in [1.807, 2.05) is 49.9 Å². The Morgan fingerprint density at radius 3 is 2.58 bits per heavy atom. The van der Waals surface area contributed by atoms with Crippen molar-refractivity contribution in [3.63, 3.8) is 0 Å². The number of H-pyrrole nitrogens is 1. The zero-order valence-corrected chi connectivity index (χ0v) is 21.0. The van der Waals surface area contributed by atoms with E-state index in [2.05, 4.69) is 10.2 Å². The highest BCUT2D eigenvalue weighted by atomic mass is 16.7. The summed E-state index contributed by atoms with van der Waals surface area (Å²) in [6, 6.07) is 10.4. The highest BCUT2D eigenvalue weighted by molar-refractivity contribution is 5.82. The van der Waals surface area contributed by atoms with Gasteiger partial charge in [-0.3, -0.25) is 0 Å². The normalized spacial score (nSPS) is 23.8. The van der Waals surface area contributed by atoms with Crippen molar-refractivity contribution in [3.05, 3.63) is 58.6 Å². The van der Waals surface area contributed by atoms with Crippen LogP contribution in [-0.4, -0.2) is 82.2 Å². The molecule has 38 heavy (non-hydrogen) atoms. The van der Waals surface area contributed by atoms with E-state index in [9.17, 15) is 30.3 Å². The van der Waals surface area contributed by atoms with Gasteiger partial charge in [0, 0.05) is 30.2 Å². The molecule has 12 heteroatoms. The van der Waals surface area contributed by atoms with E-state index in [0.717, 1.165) is 10.9 Å². The summed E-state index contributed by atoms with van der Waals surface area (Å²) in [5.41, 5.74) is 1.87. The van der Waals surface area contributed by atoms with Crippen molar-refractivity contribution in [2.75, 3.05) is 6.61 Å². The van der Waals surface area contributed by atoms with E-state index < -0.39 is 43.0 Å². The molecule has 1 unspecified atom stereocenters. The molecule has 0 amide bonds. The van der Waals surface area contributed by atoms with Crippen molar-refractivity contribution >= 4 is 10.9 Å². The van der Waals surface area contributed by atoms with E-state index in [4.69, 9.17) is 9.47 Å². The molecule has 202 valence electrons. The van der Waals surface area contributed by atoms with E-state index in [-0.39, 0.29) is 23.2 Å². The van der Waals surface area contributed by atoms with Crippen molar-refractivity contribution in [1.29, 1.82) is 0 Å². The van der Waals surface area contributed by atoms with Gasteiger partial charge in [0.15, 0.2) is 5.82 Å². The number of phenols is 1. The van der Waals surface area contributed by atoms with Crippen LogP contribution in [-0.2, 0) is 11.8 Å². The summed E-state index contributed by atoms with van der Waals surface area (Å²) in [5, 5.41) is 58.7. The third-order valence-corrected chi connectivity index (χ3v) is 6.88. The van der Waals surface area contributed by atoms with Crippen LogP contribution in [0.25, 0.3) is 28.0 Å². The van der Waals surface area contributed by atoms with Crippen LogP contribution in [0, 0.1) is 0 Å². The molecule has 0 spiro atoms. The maximum absolute atomic E-state index is 13.0. The first-order chi connectivity index (χ1) is 18.1. The Balaban J connectivity index is 1.64. The summed E-state index contributed by atoms with van der Waals surface area (Å²) >= 11 is 0. The summed E-state index contributed by atoms with van der Waals surface area (Å²) in [5.74, 6) is -0.0302. The van der Waals surface area contributed by atoms with Crippen LogP contribution < -0.4 is 10.4 Å². The molecule has 1 aliphatic rings. The minimum atomic E-state index is -1.67. The highest BCUT2D eigenvalue weighted by Gasteiger charge is 2.45. The lowest BCUT2D eigenvalue weighted by Crippen LogP contribution is -2.60. The van der Waals surface area contributed by atoms with Crippen LogP contribution in [0.4, 0.5) is 0 Å². The first-order valence-electron chi connectivity index (χ1n) is 12.2. The van der Waals surface area contributed by atoms with E-state index >= 15 is 0 Å². The van der Waals surface area contributed by atoms with Crippen LogP contribution in [0.5, 0.6) is 11.5 Å². The Morgan fingerprint density at radius 1 is 1.11 bits per heavy atom. The maximum atomic E-state index is 13.0. The average molecular weight is 527 g/mol. The van der Waals surface area contributed by atoms with Crippen LogP contribution in [0.2, 0.25) is 0 Å². The predicted octanol–water partition coefficient (Wildman–Crippen LogP) is 0.727. The number of hydrogen-bond acceptors (Lipinski definition) is 9. The third kappa shape index (κ3) is 4.36. The second-order valence-corrected chi connectivity index (χ2v) is 9.73. The van der Waals surface area contributed by atoms with Gasteiger partial charge in [-0.2, -0.15) is 5.10 Å². The van der Waals surface area contributed by atoms with Gasteiger partial charge in [-0.05, 0) is 41.8 Å². The number of fused-ring (bicyclic) bond motifs is 1. The van der Waals surface area contributed by atoms with Gasteiger partial charge in [-0.1, -0.05) is 13.8 Å². The number of phenolic OH excluding ortho intramolecular Hbond substituents is 1. The molecule has 1 saturated heterocycles. The number of aryl methyl sites for hydroxylation is 1. The number of aliphatic hydroxyl groups is 4. The number of ether oxygens (including phenoxy) is 2. The molecule has 4 aromatic rings. The quantitative estimate of drug-likeness (QED) is 0.211. The zero-order valence-electron chi connectivity index (χ0n) is 21.0. The van der Waals surface area contributed by atoms with Crippen LogP contribution in [0.1, 0.15) is 25.3 Å². The number of aromatic hydroxyl groups is 1. The Kier molecular flexibility index (Phi) is 6.75. The maximum Gasteiger partial charge on any atom is 0.348 e. The second-order valence-electron chi connectivity index (χ2n) is 9.73. The largest absolute Gasteiger partial charge is 0.508 e. The third-order valence-electron chi connectivity index (χ3n) is 6.88. The molecule has 6 N–H and O–H groups in total. The molecule has 0 radical (unpaired) electrons. The first-order valence-corrected chi connectivity index (χ1v) is 12.2. The summed E-state index contributed by atoms with van der Waals surface area (Å²) < 4.78 is 14.7. The lowest BCUT2D eigenvalue weighted by molar-refractivity contribution is -0.277. The number of rotatable bonds is 6. The molecule has 5 atom stereocenters. The number of aromatic nitrogens is 4. The van der Waals surface area contributed by atoms with E-state index in [1.54, 1.807) is 12.1 Å². The Bertz CT molecular complexity index is 1520. The molecule has 0 aliphatic carbocycles. The molecule has 1 aliphatic heterocycles. The molecule has 1 fully saturated rings. The standard InChI is InChI=1S/C26H30N4O8/c1-12(2)15-9-16(19(10-18(15)32)37-25-23(35)22(34)21(33)20(11-31)38-25)24-27-28-26(36)30(24)14-4-5-17-13(8-14)6-7-29(17)3/h4-10,12,20-23,25,31-35H,11H2,1-3H3,(H,28,36)/t20-,21+,22+,23-,25?/m1/s1. The van der Waals surface area contributed by atoms with E-state index in [0.29, 0.717) is 16.8 Å². The predicted molar refractivity (Wildman–Crippen MR) is 136 cm³/mol. The number of aliphatic hydroxyl groups excluding tert-OH is 4. The van der Waals surface area contributed by atoms with E-state index in [1.165, 1.54) is 10.6 Å². The van der Waals surface area contributed by atoms with Gasteiger partial charge in [0.05, 0.1) is 17.9 Å². The Hall–Kier alpha value is -3.68. The minimum absolute atomic E-state index is 0.00253. The van der Waals surface area contributed by atoms with Crippen LogP contribution in [0.15, 0.2) is 47.4 Å². The fourth-order valence-electron chi connectivity index (χ4n) is 4.74. The topological polar surface area (TPSA) is 175 Å². The molecular formula is C26H30N4O8. The molecule has 0 bridgehead atoms.